The van der Waals surface area contributed by atoms with Crippen molar-refractivity contribution in [1.82, 2.24) is 10.2 Å². The summed E-state index contributed by atoms with van der Waals surface area (Å²) in [6, 6.07) is 6.06. The van der Waals surface area contributed by atoms with Crippen LogP contribution < -0.4 is 11.1 Å². The first kappa shape index (κ1) is 24.1. The highest BCUT2D eigenvalue weighted by Crippen LogP contribution is 2.55. The Morgan fingerprint density at radius 2 is 1.88 bits per heavy atom. The predicted octanol–water partition coefficient (Wildman–Crippen LogP) is 3.30. The van der Waals surface area contributed by atoms with Crippen molar-refractivity contribution >= 4 is 34.8 Å². The lowest BCUT2D eigenvalue weighted by molar-refractivity contribution is -0.109. The quantitative estimate of drug-likeness (QED) is 0.475. The van der Waals surface area contributed by atoms with Crippen molar-refractivity contribution in [2.24, 2.45) is 11.1 Å². The maximum Gasteiger partial charge on any atom is 0.409 e. The van der Waals surface area contributed by atoms with Gasteiger partial charge in [-0.1, -0.05) is 63.9 Å². The summed E-state index contributed by atoms with van der Waals surface area (Å²) in [5, 5.41) is 2.38. The van der Waals surface area contributed by atoms with Gasteiger partial charge in [0.2, 0.25) is 5.91 Å². The minimum absolute atomic E-state index is 0.109. The highest BCUT2D eigenvalue weighted by molar-refractivity contribution is 8.14. The molecule has 2 saturated heterocycles. The fraction of sp³-hybridized carbons (Fsp3) is 0.565. The number of ether oxygens (including phenoxy) is 1. The zero-order valence-electron chi connectivity index (χ0n) is 19.0. The Labute approximate surface area is 192 Å². The van der Waals surface area contributed by atoms with Crippen molar-refractivity contribution in [1.29, 1.82) is 0 Å². The molecule has 0 saturated carbocycles. The summed E-state index contributed by atoms with van der Waals surface area (Å²) in [5.41, 5.74) is 4.13. The molecule has 0 unspecified atom stereocenters. The molecule has 0 bridgehead atoms. The SMILES string of the molecule is CCCCC[C@@H]1N(C(=O)c2ccccc2C(N)=O)[C@@]12NC(=O)OCC(C)(C)[C@@H]2SC(C)=O. The van der Waals surface area contributed by atoms with E-state index in [0.717, 1.165) is 31.0 Å². The summed E-state index contributed by atoms with van der Waals surface area (Å²) in [5.74, 6) is -1.09. The first-order chi connectivity index (χ1) is 15.1. The standard InChI is InChI=1S/C23H31N3O5S/c1-5-6-7-12-17-23(20(32-14(2)27)22(3,4)13-31-21(30)25-23)26(17)19(29)16-11-9-8-10-15(16)18(24)28/h8-11,17,20H,5-7,12-13H2,1-4H3,(H2,24,28)(H,25,30)/t17-,20-,23-,26?/m0/s1. The van der Waals surface area contributed by atoms with Crippen LogP contribution in [0.15, 0.2) is 24.3 Å². The van der Waals surface area contributed by atoms with Crippen LogP contribution in [0.4, 0.5) is 4.79 Å². The summed E-state index contributed by atoms with van der Waals surface area (Å²) in [6.07, 6.45) is 2.88. The summed E-state index contributed by atoms with van der Waals surface area (Å²) in [7, 11) is 0. The minimum atomic E-state index is -1.09. The first-order valence-corrected chi connectivity index (χ1v) is 11.8. The molecule has 0 aromatic heterocycles. The molecule has 9 heteroatoms. The largest absolute Gasteiger partial charge is 0.449 e. The van der Waals surface area contributed by atoms with E-state index in [1.807, 2.05) is 13.8 Å². The molecule has 1 spiro atoms. The minimum Gasteiger partial charge on any atom is -0.449 e. The molecule has 3 amide bonds. The highest BCUT2D eigenvalue weighted by atomic mass is 32.2. The molecule has 1 aromatic rings. The van der Waals surface area contributed by atoms with Crippen molar-refractivity contribution in [3.05, 3.63) is 35.4 Å². The van der Waals surface area contributed by atoms with Crippen LogP contribution in [-0.4, -0.2) is 51.5 Å². The fourth-order valence-corrected chi connectivity index (χ4v) is 5.90. The number of amides is 3. The number of hydrogen-bond donors (Lipinski definition) is 2. The van der Waals surface area contributed by atoms with Gasteiger partial charge in [0.05, 0.1) is 29.0 Å². The zero-order chi connectivity index (χ0) is 23.7. The lowest BCUT2D eigenvalue weighted by Gasteiger charge is -2.35. The van der Waals surface area contributed by atoms with E-state index in [2.05, 4.69) is 12.2 Å². The molecular weight excluding hydrogens is 430 g/mol. The number of cyclic esters (lactones) is 1. The second-order valence-electron chi connectivity index (χ2n) is 9.10. The molecule has 3 atom stereocenters. The van der Waals surface area contributed by atoms with Gasteiger partial charge in [0, 0.05) is 12.3 Å². The normalized spacial score (nSPS) is 26.1. The number of primary amides is 1. The van der Waals surface area contributed by atoms with Gasteiger partial charge in [-0.25, -0.2) is 4.79 Å². The van der Waals surface area contributed by atoms with Crippen LogP contribution in [0, 0.1) is 5.41 Å². The summed E-state index contributed by atoms with van der Waals surface area (Å²) in [6.45, 7) is 7.54. The summed E-state index contributed by atoms with van der Waals surface area (Å²) >= 11 is 1.12. The molecule has 2 aliphatic heterocycles. The number of thioether (sulfide) groups is 1. The van der Waals surface area contributed by atoms with Crippen molar-refractivity contribution < 1.29 is 23.9 Å². The Morgan fingerprint density at radius 1 is 1.22 bits per heavy atom. The fourth-order valence-electron chi connectivity index (χ4n) is 4.67. The number of rotatable bonds is 7. The van der Waals surface area contributed by atoms with E-state index in [9.17, 15) is 19.2 Å². The van der Waals surface area contributed by atoms with E-state index >= 15 is 0 Å². The van der Waals surface area contributed by atoms with Crippen molar-refractivity contribution in [3.8, 4) is 0 Å². The molecule has 3 N–H and O–H groups in total. The Kier molecular flexibility index (Phi) is 6.88. The van der Waals surface area contributed by atoms with Gasteiger partial charge in [0.1, 0.15) is 0 Å². The van der Waals surface area contributed by atoms with Crippen molar-refractivity contribution in [3.63, 3.8) is 0 Å². The molecule has 0 radical (unpaired) electrons. The average Bonchev–Trinajstić information content (AvgIpc) is 3.38. The van der Waals surface area contributed by atoms with E-state index in [1.54, 1.807) is 23.1 Å². The molecule has 8 nitrogen and oxygen atoms in total. The smallest absolute Gasteiger partial charge is 0.409 e. The van der Waals surface area contributed by atoms with Gasteiger partial charge < -0.3 is 15.4 Å². The first-order valence-electron chi connectivity index (χ1n) is 10.9. The van der Waals surface area contributed by atoms with Crippen LogP contribution >= 0.6 is 11.8 Å². The number of hydrogen-bond acceptors (Lipinski definition) is 6. The molecule has 2 fully saturated rings. The van der Waals surface area contributed by atoms with E-state index in [1.165, 1.54) is 13.0 Å². The average molecular weight is 462 g/mol. The third kappa shape index (κ3) is 4.35. The van der Waals surface area contributed by atoms with Crippen LogP contribution in [0.3, 0.4) is 0 Å². The van der Waals surface area contributed by atoms with Crippen molar-refractivity contribution in [2.75, 3.05) is 6.61 Å². The van der Waals surface area contributed by atoms with Crippen LogP contribution in [0.1, 0.15) is 74.1 Å². The number of alkyl carbamates (subject to hydrolysis) is 1. The predicted molar refractivity (Wildman–Crippen MR) is 122 cm³/mol. The zero-order valence-corrected chi connectivity index (χ0v) is 19.8. The molecule has 1 aromatic carbocycles. The maximum absolute atomic E-state index is 13.7. The van der Waals surface area contributed by atoms with E-state index in [4.69, 9.17) is 10.5 Å². The second kappa shape index (κ2) is 9.13. The molecule has 32 heavy (non-hydrogen) atoms. The van der Waals surface area contributed by atoms with Crippen LogP contribution in [0.2, 0.25) is 0 Å². The number of nitrogens with two attached hydrogens (primary N) is 1. The van der Waals surface area contributed by atoms with E-state index in [0.29, 0.717) is 6.42 Å². The number of nitrogens with zero attached hydrogens (tertiary/aromatic N) is 1. The summed E-state index contributed by atoms with van der Waals surface area (Å²) in [4.78, 5) is 52.1. The second-order valence-corrected chi connectivity index (χ2v) is 10.4. The van der Waals surface area contributed by atoms with Gasteiger partial charge in [-0.15, -0.1) is 0 Å². The number of nitrogens with one attached hydrogen (secondary N) is 1. The van der Waals surface area contributed by atoms with Crippen LogP contribution in [0.25, 0.3) is 0 Å². The van der Waals surface area contributed by atoms with Gasteiger partial charge in [0.15, 0.2) is 10.8 Å². The van der Waals surface area contributed by atoms with Crippen LogP contribution in [0.5, 0.6) is 0 Å². The Balaban J connectivity index is 2.10. The lowest BCUT2D eigenvalue weighted by Crippen LogP contribution is -2.53. The van der Waals surface area contributed by atoms with Gasteiger partial charge in [0.25, 0.3) is 5.91 Å². The molecular formula is C23H31N3O5S. The third-order valence-corrected chi connectivity index (χ3v) is 7.71. The number of benzene rings is 1. The molecule has 3 rings (SSSR count). The van der Waals surface area contributed by atoms with Gasteiger partial charge in [-0.05, 0) is 18.6 Å². The number of carbonyl (C=O) groups is 4. The van der Waals surface area contributed by atoms with Gasteiger partial charge in [-0.2, -0.15) is 0 Å². The molecule has 0 aliphatic carbocycles. The van der Waals surface area contributed by atoms with Gasteiger partial charge in [-0.3, -0.25) is 19.7 Å². The van der Waals surface area contributed by atoms with E-state index < -0.39 is 34.2 Å². The van der Waals surface area contributed by atoms with Gasteiger partial charge >= 0.3 is 6.09 Å². The van der Waals surface area contributed by atoms with E-state index in [-0.39, 0.29) is 28.9 Å². The Hall–Kier alpha value is -2.55. The molecule has 2 heterocycles. The highest BCUT2D eigenvalue weighted by Gasteiger charge is 2.73. The lowest BCUT2D eigenvalue weighted by atomic mass is 9.84. The third-order valence-electron chi connectivity index (χ3n) is 6.14. The van der Waals surface area contributed by atoms with Crippen molar-refractivity contribution in [2.45, 2.75) is 70.3 Å². The number of carbonyl (C=O) groups excluding carboxylic acids is 4. The number of unbranched alkanes of at least 4 members (excludes halogenated alkanes) is 2. The molecule has 2 aliphatic rings. The maximum atomic E-state index is 13.7. The van der Waals surface area contributed by atoms with Crippen LogP contribution in [-0.2, 0) is 9.53 Å². The topological polar surface area (TPSA) is 119 Å². The Morgan fingerprint density at radius 3 is 2.47 bits per heavy atom. The monoisotopic (exact) mass is 461 g/mol. The molecule has 174 valence electrons. The summed E-state index contributed by atoms with van der Waals surface area (Å²) < 4.78 is 5.39. The Bertz CT molecular complexity index is 934.